The fourth-order valence-corrected chi connectivity index (χ4v) is 4.26. The van der Waals surface area contributed by atoms with Gasteiger partial charge in [-0.3, -0.25) is 0 Å². The lowest BCUT2D eigenvalue weighted by atomic mass is 10.1. The molecule has 2 aromatic heterocycles. The first kappa shape index (κ1) is 20.4. The van der Waals surface area contributed by atoms with Crippen LogP contribution < -0.4 is 10.1 Å². The fraction of sp³-hybridized carbons (Fsp3) is 0.143. The molecule has 2 heterocycles. The zero-order valence-electron chi connectivity index (χ0n) is 15.8. The quantitative estimate of drug-likeness (QED) is 0.361. The Morgan fingerprint density at radius 2 is 1.80 bits per heavy atom. The lowest BCUT2D eigenvalue weighted by molar-refractivity contribution is -0.137. The van der Waals surface area contributed by atoms with Gasteiger partial charge in [0.1, 0.15) is 22.2 Å². The van der Waals surface area contributed by atoms with E-state index in [2.05, 4.69) is 15.3 Å². The monoisotopic (exact) mass is 449 g/mol. The summed E-state index contributed by atoms with van der Waals surface area (Å²) in [4.78, 5) is 9.73. The van der Waals surface area contributed by atoms with E-state index in [-0.39, 0.29) is 5.02 Å². The Labute approximate surface area is 179 Å². The molecule has 0 fully saturated rings. The van der Waals surface area contributed by atoms with E-state index in [1.54, 1.807) is 14.0 Å². The van der Waals surface area contributed by atoms with Crippen LogP contribution >= 0.6 is 22.9 Å². The molecule has 2 aromatic carbocycles. The summed E-state index contributed by atoms with van der Waals surface area (Å²) in [6, 6.07) is 10.7. The number of hydrogen-bond donors (Lipinski definition) is 1. The molecule has 30 heavy (non-hydrogen) atoms. The highest BCUT2D eigenvalue weighted by molar-refractivity contribution is 7.17. The van der Waals surface area contributed by atoms with Crippen molar-refractivity contribution >= 4 is 44.7 Å². The molecule has 0 aliphatic heterocycles. The summed E-state index contributed by atoms with van der Waals surface area (Å²) in [5.74, 6) is 1.75. The number of alkyl halides is 3. The minimum atomic E-state index is -4.46. The molecule has 4 aromatic rings. The number of benzene rings is 2. The summed E-state index contributed by atoms with van der Waals surface area (Å²) >= 11 is 7.59. The molecular formula is C21H15ClF3N3OS. The predicted octanol–water partition coefficient (Wildman–Crippen LogP) is 7.09. The van der Waals surface area contributed by atoms with Crippen molar-refractivity contribution in [3.05, 3.63) is 64.3 Å². The number of halogens is 4. The first-order chi connectivity index (χ1) is 14.3. The van der Waals surface area contributed by atoms with E-state index in [0.717, 1.165) is 39.2 Å². The van der Waals surface area contributed by atoms with Gasteiger partial charge in [0.25, 0.3) is 0 Å². The molecule has 0 aliphatic carbocycles. The van der Waals surface area contributed by atoms with Gasteiger partial charge < -0.3 is 10.1 Å². The summed E-state index contributed by atoms with van der Waals surface area (Å²) in [7, 11) is 1.60. The van der Waals surface area contributed by atoms with Gasteiger partial charge in [0.05, 0.1) is 28.8 Å². The van der Waals surface area contributed by atoms with Crippen LogP contribution in [0.3, 0.4) is 0 Å². The topological polar surface area (TPSA) is 47.0 Å². The number of hydrogen-bond acceptors (Lipinski definition) is 5. The van der Waals surface area contributed by atoms with Crippen molar-refractivity contribution in [3.63, 3.8) is 0 Å². The number of ether oxygens (including phenoxy) is 1. The minimum Gasteiger partial charge on any atom is -0.497 e. The second-order valence-electron chi connectivity index (χ2n) is 6.49. The minimum absolute atomic E-state index is 0.0459. The van der Waals surface area contributed by atoms with E-state index in [1.807, 2.05) is 29.6 Å². The van der Waals surface area contributed by atoms with E-state index in [1.165, 1.54) is 17.4 Å². The largest absolute Gasteiger partial charge is 0.497 e. The Morgan fingerprint density at radius 1 is 1.07 bits per heavy atom. The second-order valence-corrected chi connectivity index (χ2v) is 7.76. The Hall–Kier alpha value is -2.84. The normalized spacial score (nSPS) is 11.7. The molecule has 0 radical (unpaired) electrons. The summed E-state index contributed by atoms with van der Waals surface area (Å²) in [6.45, 7) is 1.76. The standard InChI is InChI=1S/C21H15ClF3N3OS/c1-11-26-19(28-17-8-5-13(9-16(17)22)21(23,24)25)18-15(10-30-20(18)27-11)12-3-6-14(29-2)7-4-12/h3-10H,1-2H3,(H,26,27,28). The van der Waals surface area contributed by atoms with Crippen LogP contribution in [0, 0.1) is 6.92 Å². The van der Waals surface area contributed by atoms with Crippen LogP contribution in [0.25, 0.3) is 21.3 Å². The highest BCUT2D eigenvalue weighted by atomic mass is 35.5. The molecule has 0 spiro atoms. The number of aromatic nitrogens is 2. The highest BCUT2D eigenvalue weighted by Crippen LogP contribution is 2.40. The van der Waals surface area contributed by atoms with E-state index < -0.39 is 11.7 Å². The van der Waals surface area contributed by atoms with Crippen LogP contribution in [0.1, 0.15) is 11.4 Å². The van der Waals surface area contributed by atoms with E-state index in [9.17, 15) is 13.2 Å². The van der Waals surface area contributed by atoms with Crippen LogP contribution in [-0.4, -0.2) is 17.1 Å². The Balaban J connectivity index is 1.80. The molecule has 0 saturated heterocycles. The van der Waals surface area contributed by atoms with Crippen molar-refractivity contribution in [2.45, 2.75) is 13.1 Å². The van der Waals surface area contributed by atoms with Crippen LogP contribution in [0.4, 0.5) is 24.7 Å². The zero-order chi connectivity index (χ0) is 21.5. The first-order valence-electron chi connectivity index (χ1n) is 8.80. The average Bonchev–Trinajstić information content (AvgIpc) is 3.12. The third kappa shape index (κ3) is 3.93. The maximum Gasteiger partial charge on any atom is 0.416 e. The van der Waals surface area contributed by atoms with Crippen LogP contribution in [0.2, 0.25) is 5.02 Å². The maximum absolute atomic E-state index is 12.9. The van der Waals surface area contributed by atoms with Crippen molar-refractivity contribution in [3.8, 4) is 16.9 Å². The van der Waals surface area contributed by atoms with Crippen molar-refractivity contribution < 1.29 is 17.9 Å². The van der Waals surface area contributed by atoms with Crippen molar-refractivity contribution in [1.29, 1.82) is 0 Å². The van der Waals surface area contributed by atoms with Crippen molar-refractivity contribution in [1.82, 2.24) is 9.97 Å². The lowest BCUT2D eigenvalue weighted by Crippen LogP contribution is -2.05. The van der Waals surface area contributed by atoms with E-state index in [4.69, 9.17) is 16.3 Å². The van der Waals surface area contributed by atoms with Crippen LogP contribution in [-0.2, 0) is 6.18 Å². The Bertz CT molecular complexity index is 1220. The SMILES string of the molecule is COc1ccc(-c2csc3nc(C)nc(Nc4ccc(C(F)(F)F)cc4Cl)c23)cc1. The molecule has 9 heteroatoms. The van der Waals surface area contributed by atoms with Gasteiger partial charge in [0.15, 0.2) is 0 Å². The number of fused-ring (bicyclic) bond motifs is 1. The number of nitrogens with one attached hydrogen (secondary N) is 1. The van der Waals surface area contributed by atoms with E-state index in [0.29, 0.717) is 17.3 Å². The highest BCUT2D eigenvalue weighted by Gasteiger charge is 2.31. The summed E-state index contributed by atoms with van der Waals surface area (Å²) < 4.78 is 44.0. The van der Waals surface area contributed by atoms with Gasteiger partial charge in [-0.1, -0.05) is 23.7 Å². The number of rotatable bonds is 4. The first-order valence-corrected chi connectivity index (χ1v) is 10.1. The summed E-state index contributed by atoms with van der Waals surface area (Å²) in [5, 5.41) is 5.78. The van der Waals surface area contributed by atoms with Crippen molar-refractivity contribution in [2.75, 3.05) is 12.4 Å². The number of aryl methyl sites for hydroxylation is 1. The fourth-order valence-electron chi connectivity index (χ4n) is 3.04. The molecule has 154 valence electrons. The Morgan fingerprint density at radius 3 is 2.43 bits per heavy atom. The smallest absolute Gasteiger partial charge is 0.416 e. The summed E-state index contributed by atoms with van der Waals surface area (Å²) in [6.07, 6.45) is -4.46. The van der Waals surface area contributed by atoms with Crippen LogP contribution in [0.5, 0.6) is 5.75 Å². The number of nitrogens with zero attached hydrogens (tertiary/aromatic N) is 2. The van der Waals surface area contributed by atoms with E-state index >= 15 is 0 Å². The number of methoxy groups -OCH3 is 1. The third-order valence-electron chi connectivity index (χ3n) is 4.50. The molecule has 0 saturated carbocycles. The molecule has 0 aliphatic rings. The van der Waals surface area contributed by atoms with Gasteiger partial charge in [-0.05, 0) is 42.8 Å². The molecule has 1 N–H and O–H groups in total. The lowest BCUT2D eigenvalue weighted by Gasteiger charge is -2.13. The number of thiophene rings is 1. The van der Waals surface area contributed by atoms with Gasteiger partial charge in [-0.15, -0.1) is 11.3 Å². The third-order valence-corrected chi connectivity index (χ3v) is 5.68. The van der Waals surface area contributed by atoms with Gasteiger partial charge in [-0.2, -0.15) is 13.2 Å². The van der Waals surface area contributed by atoms with Gasteiger partial charge in [0.2, 0.25) is 0 Å². The molecule has 0 bridgehead atoms. The average molecular weight is 450 g/mol. The second kappa shape index (κ2) is 7.77. The molecule has 0 unspecified atom stereocenters. The molecule has 0 atom stereocenters. The predicted molar refractivity (Wildman–Crippen MR) is 114 cm³/mol. The number of anilines is 2. The maximum atomic E-state index is 12.9. The Kier molecular flexibility index (Phi) is 5.29. The zero-order valence-corrected chi connectivity index (χ0v) is 17.4. The summed E-state index contributed by atoms with van der Waals surface area (Å²) in [5.41, 5.74) is 1.37. The van der Waals surface area contributed by atoms with Gasteiger partial charge >= 0.3 is 6.18 Å². The molecule has 4 rings (SSSR count). The molecule has 4 nitrogen and oxygen atoms in total. The van der Waals surface area contributed by atoms with Crippen molar-refractivity contribution in [2.24, 2.45) is 0 Å². The van der Waals surface area contributed by atoms with Crippen LogP contribution in [0.15, 0.2) is 47.8 Å². The van der Waals surface area contributed by atoms with Gasteiger partial charge in [-0.25, -0.2) is 9.97 Å². The molecule has 0 amide bonds. The molecular weight excluding hydrogens is 435 g/mol. The van der Waals surface area contributed by atoms with Gasteiger partial charge in [0, 0.05) is 10.9 Å².